The highest BCUT2D eigenvalue weighted by Crippen LogP contribution is 2.16. The standard InChI is InChI=1S/C20H26N4O2/c1-23(16-17-5-3-2-4-6-17)19-13-18(14-21-15-19)20(25)22-7-8-24-9-11-26-12-10-24/h2-6,13-15H,7-12,16H2,1H3,(H,22,25). The minimum atomic E-state index is -0.0827. The first-order chi connectivity index (χ1) is 12.7. The van der Waals surface area contributed by atoms with E-state index in [-0.39, 0.29) is 5.91 Å². The molecule has 0 unspecified atom stereocenters. The Kier molecular flexibility index (Phi) is 6.57. The molecule has 1 saturated heterocycles. The van der Waals surface area contributed by atoms with E-state index in [9.17, 15) is 4.79 Å². The predicted molar refractivity (Wildman–Crippen MR) is 102 cm³/mol. The first-order valence-electron chi connectivity index (χ1n) is 9.01. The molecular formula is C20H26N4O2. The second-order valence-electron chi connectivity index (χ2n) is 6.48. The Morgan fingerprint density at radius 1 is 1.23 bits per heavy atom. The number of carbonyl (C=O) groups is 1. The van der Waals surface area contributed by atoms with Crippen LogP contribution in [0.15, 0.2) is 48.8 Å². The van der Waals surface area contributed by atoms with Crippen LogP contribution in [-0.4, -0.2) is 62.2 Å². The maximum absolute atomic E-state index is 12.4. The molecule has 6 heteroatoms. The first-order valence-corrected chi connectivity index (χ1v) is 9.01. The summed E-state index contributed by atoms with van der Waals surface area (Å²) in [6.45, 7) is 5.64. The quantitative estimate of drug-likeness (QED) is 0.821. The Hall–Kier alpha value is -2.44. The molecule has 6 nitrogen and oxygen atoms in total. The van der Waals surface area contributed by atoms with Crippen molar-refractivity contribution < 1.29 is 9.53 Å². The molecule has 0 aliphatic carbocycles. The zero-order valence-electron chi connectivity index (χ0n) is 15.2. The van der Waals surface area contributed by atoms with E-state index < -0.39 is 0 Å². The van der Waals surface area contributed by atoms with Crippen molar-refractivity contribution in [3.05, 3.63) is 59.9 Å². The van der Waals surface area contributed by atoms with E-state index in [0.717, 1.165) is 45.1 Å². The van der Waals surface area contributed by atoms with Gasteiger partial charge in [0.1, 0.15) is 0 Å². The molecule has 0 radical (unpaired) electrons. The SMILES string of the molecule is CN(Cc1ccccc1)c1cncc(C(=O)NCCN2CCOCC2)c1. The smallest absolute Gasteiger partial charge is 0.252 e. The molecule has 0 atom stereocenters. The fraction of sp³-hybridized carbons (Fsp3) is 0.400. The number of aromatic nitrogens is 1. The lowest BCUT2D eigenvalue weighted by Gasteiger charge is -2.26. The van der Waals surface area contributed by atoms with E-state index in [4.69, 9.17) is 4.74 Å². The van der Waals surface area contributed by atoms with Gasteiger partial charge in [-0.1, -0.05) is 30.3 Å². The molecule has 0 bridgehead atoms. The molecular weight excluding hydrogens is 328 g/mol. The first kappa shape index (κ1) is 18.4. The summed E-state index contributed by atoms with van der Waals surface area (Å²) in [6, 6.07) is 12.1. The van der Waals surface area contributed by atoms with E-state index in [1.807, 2.05) is 31.3 Å². The number of benzene rings is 1. The van der Waals surface area contributed by atoms with Crippen molar-refractivity contribution >= 4 is 11.6 Å². The number of nitrogens with one attached hydrogen (secondary N) is 1. The topological polar surface area (TPSA) is 57.7 Å². The lowest BCUT2D eigenvalue weighted by molar-refractivity contribution is 0.0383. The van der Waals surface area contributed by atoms with E-state index in [0.29, 0.717) is 12.1 Å². The molecule has 1 aromatic carbocycles. The van der Waals surface area contributed by atoms with Crippen molar-refractivity contribution in [2.45, 2.75) is 6.54 Å². The molecule has 1 fully saturated rings. The Bertz CT molecular complexity index is 702. The van der Waals surface area contributed by atoms with Gasteiger partial charge in [-0.3, -0.25) is 14.7 Å². The van der Waals surface area contributed by atoms with Crippen LogP contribution in [0.3, 0.4) is 0 Å². The van der Waals surface area contributed by atoms with Crippen LogP contribution in [0.4, 0.5) is 5.69 Å². The fourth-order valence-corrected chi connectivity index (χ4v) is 2.96. The molecule has 1 aliphatic rings. The number of rotatable bonds is 7. The summed E-state index contributed by atoms with van der Waals surface area (Å²) in [6.07, 6.45) is 3.40. The number of hydrogen-bond acceptors (Lipinski definition) is 5. The Balaban J connectivity index is 1.53. The van der Waals surface area contributed by atoms with Crippen molar-refractivity contribution in [2.75, 3.05) is 51.3 Å². The van der Waals surface area contributed by atoms with Gasteiger partial charge in [0.15, 0.2) is 0 Å². The van der Waals surface area contributed by atoms with Gasteiger partial charge in [0.05, 0.1) is 30.7 Å². The lowest BCUT2D eigenvalue weighted by Crippen LogP contribution is -2.41. The maximum Gasteiger partial charge on any atom is 0.252 e. The zero-order valence-corrected chi connectivity index (χ0v) is 15.2. The average molecular weight is 354 g/mol. The van der Waals surface area contributed by atoms with Gasteiger partial charge in [0, 0.05) is 46.0 Å². The van der Waals surface area contributed by atoms with Crippen LogP contribution in [0.2, 0.25) is 0 Å². The van der Waals surface area contributed by atoms with Gasteiger partial charge in [-0.15, -0.1) is 0 Å². The molecule has 2 heterocycles. The van der Waals surface area contributed by atoms with E-state index >= 15 is 0 Å². The van der Waals surface area contributed by atoms with Crippen LogP contribution in [0.25, 0.3) is 0 Å². The lowest BCUT2D eigenvalue weighted by atomic mass is 10.2. The normalized spacial score (nSPS) is 14.8. The molecule has 1 aromatic heterocycles. The van der Waals surface area contributed by atoms with Gasteiger partial charge in [0.2, 0.25) is 0 Å². The van der Waals surface area contributed by atoms with Crippen LogP contribution in [0.5, 0.6) is 0 Å². The van der Waals surface area contributed by atoms with E-state index in [1.54, 1.807) is 12.4 Å². The van der Waals surface area contributed by atoms with Gasteiger partial charge >= 0.3 is 0 Å². The molecule has 2 aromatic rings. The van der Waals surface area contributed by atoms with Gasteiger partial charge in [-0.05, 0) is 11.6 Å². The van der Waals surface area contributed by atoms with Gasteiger partial charge < -0.3 is 15.0 Å². The molecule has 0 saturated carbocycles. The second-order valence-corrected chi connectivity index (χ2v) is 6.48. The summed E-state index contributed by atoms with van der Waals surface area (Å²) < 4.78 is 5.33. The molecule has 1 amide bonds. The summed E-state index contributed by atoms with van der Waals surface area (Å²) in [5, 5.41) is 2.98. The minimum absolute atomic E-state index is 0.0827. The van der Waals surface area contributed by atoms with Crippen molar-refractivity contribution in [3.8, 4) is 0 Å². The number of anilines is 1. The van der Waals surface area contributed by atoms with Crippen LogP contribution >= 0.6 is 0 Å². The number of amides is 1. The Morgan fingerprint density at radius 2 is 2.00 bits per heavy atom. The van der Waals surface area contributed by atoms with Gasteiger partial charge in [-0.25, -0.2) is 0 Å². The van der Waals surface area contributed by atoms with Gasteiger partial charge in [0.25, 0.3) is 5.91 Å². The summed E-state index contributed by atoms with van der Waals surface area (Å²) in [7, 11) is 2.00. The van der Waals surface area contributed by atoms with Crippen molar-refractivity contribution in [3.63, 3.8) is 0 Å². The van der Waals surface area contributed by atoms with E-state index in [2.05, 4.69) is 32.2 Å². The van der Waals surface area contributed by atoms with Crippen LogP contribution in [0, 0.1) is 0 Å². The highest BCUT2D eigenvalue weighted by Gasteiger charge is 2.12. The van der Waals surface area contributed by atoms with Crippen molar-refractivity contribution in [2.24, 2.45) is 0 Å². The molecule has 138 valence electrons. The molecule has 26 heavy (non-hydrogen) atoms. The zero-order chi connectivity index (χ0) is 18.2. The predicted octanol–water partition coefficient (Wildman–Crippen LogP) is 1.78. The average Bonchev–Trinajstić information content (AvgIpc) is 2.69. The molecule has 1 N–H and O–H groups in total. The third-order valence-electron chi connectivity index (χ3n) is 4.51. The third kappa shape index (κ3) is 5.28. The number of ether oxygens (including phenoxy) is 1. The number of nitrogens with zero attached hydrogens (tertiary/aromatic N) is 3. The van der Waals surface area contributed by atoms with Gasteiger partial charge in [-0.2, -0.15) is 0 Å². The highest BCUT2D eigenvalue weighted by molar-refractivity contribution is 5.94. The van der Waals surface area contributed by atoms with Crippen LogP contribution in [-0.2, 0) is 11.3 Å². The van der Waals surface area contributed by atoms with Crippen LogP contribution < -0.4 is 10.2 Å². The van der Waals surface area contributed by atoms with E-state index in [1.165, 1.54) is 5.56 Å². The minimum Gasteiger partial charge on any atom is -0.379 e. The molecule has 1 aliphatic heterocycles. The fourth-order valence-electron chi connectivity index (χ4n) is 2.96. The Labute approximate surface area is 154 Å². The monoisotopic (exact) mass is 354 g/mol. The summed E-state index contributed by atoms with van der Waals surface area (Å²) in [5.41, 5.74) is 2.73. The van der Waals surface area contributed by atoms with Crippen molar-refractivity contribution in [1.29, 1.82) is 0 Å². The highest BCUT2D eigenvalue weighted by atomic mass is 16.5. The van der Waals surface area contributed by atoms with Crippen LogP contribution in [0.1, 0.15) is 15.9 Å². The number of hydrogen-bond donors (Lipinski definition) is 1. The summed E-state index contributed by atoms with van der Waals surface area (Å²) >= 11 is 0. The second kappa shape index (κ2) is 9.31. The Morgan fingerprint density at radius 3 is 2.77 bits per heavy atom. The third-order valence-corrected chi connectivity index (χ3v) is 4.51. The maximum atomic E-state index is 12.4. The number of carbonyl (C=O) groups excluding carboxylic acids is 1. The number of morpholine rings is 1. The summed E-state index contributed by atoms with van der Waals surface area (Å²) in [5.74, 6) is -0.0827. The summed E-state index contributed by atoms with van der Waals surface area (Å²) in [4.78, 5) is 21.0. The number of pyridine rings is 1. The van der Waals surface area contributed by atoms with Crippen molar-refractivity contribution in [1.82, 2.24) is 15.2 Å². The molecule has 3 rings (SSSR count). The molecule has 0 spiro atoms. The largest absolute Gasteiger partial charge is 0.379 e.